The average Bonchev–Trinajstić information content (AvgIpc) is 1.83. The summed E-state index contributed by atoms with van der Waals surface area (Å²) < 4.78 is 0. The lowest BCUT2D eigenvalue weighted by atomic mass is 10.7. The van der Waals surface area contributed by atoms with Crippen LogP contribution in [0.4, 0.5) is 0 Å². The molecule has 0 aliphatic heterocycles. The lowest BCUT2D eigenvalue weighted by Crippen LogP contribution is -2.26. The molecule has 8 heavy (non-hydrogen) atoms. The van der Waals surface area contributed by atoms with Crippen molar-refractivity contribution < 1.29 is 0 Å². The van der Waals surface area contributed by atoms with E-state index in [4.69, 9.17) is 0 Å². The first-order valence-electron chi connectivity index (χ1n) is 2.84. The zero-order valence-electron chi connectivity index (χ0n) is 5.65. The molecule has 0 saturated heterocycles. The maximum Gasteiger partial charge on any atom is 0.0672 e. The van der Waals surface area contributed by atoms with Gasteiger partial charge in [-0.15, -0.1) is 0 Å². The molecule has 0 bridgehead atoms. The molecule has 48 valence electrons. The highest BCUT2D eigenvalue weighted by Gasteiger charge is 1.82. The van der Waals surface area contributed by atoms with Crippen molar-refractivity contribution in [3.8, 4) is 0 Å². The van der Waals surface area contributed by atoms with Gasteiger partial charge in [0.1, 0.15) is 0 Å². The molecule has 2 nitrogen and oxygen atoms in total. The molecule has 0 aromatic rings. The van der Waals surface area contributed by atoms with Crippen LogP contribution in [-0.2, 0) is 0 Å². The molecule has 0 spiro atoms. The summed E-state index contributed by atoms with van der Waals surface area (Å²) in [7, 11) is 1.98. The average molecular weight is 114 g/mol. The van der Waals surface area contributed by atoms with Crippen LogP contribution in [0.3, 0.4) is 0 Å². The highest BCUT2D eigenvalue weighted by molar-refractivity contribution is 4.63. The normalized spacial score (nSPS) is 8.75. The molecule has 0 aromatic heterocycles. The molecular weight excluding hydrogens is 100 g/mol. The van der Waals surface area contributed by atoms with E-state index in [-0.39, 0.29) is 0 Å². The molecule has 0 radical (unpaired) electrons. The predicted molar refractivity (Wildman–Crippen MR) is 36.5 cm³/mol. The van der Waals surface area contributed by atoms with Crippen molar-refractivity contribution in [2.45, 2.75) is 6.92 Å². The van der Waals surface area contributed by atoms with Gasteiger partial charge in [-0.3, -0.25) is 0 Å². The fourth-order valence-electron chi connectivity index (χ4n) is 0.353. The maximum absolute atomic E-state index is 3.60. The number of hydrogen-bond acceptors (Lipinski definition) is 2. The van der Waals surface area contributed by atoms with Gasteiger partial charge in [0.2, 0.25) is 0 Å². The van der Waals surface area contributed by atoms with E-state index in [1.807, 2.05) is 11.9 Å². The first-order valence-corrected chi connectivity index (χ1v) is 2.84. The third-order valence-electron chi connectivity index (χ3n) is 0.923. The van der Waals surface area contributed by atoms with E-state index in [2.05, 4.69) is 18.8 Å². The topological polar surface area (TPSA) is 15.3 Å². The largest absolute Gasteiger partial charge is 0.368 e. The molecule has 0 amide bonds. The van der Waals surface area contributed by atoms with E-state index in [1.165, 1.54) is 0 Å². The molecule has 0 rings (SSSR count). The number of nitrogens with one attached hydrogen (secondary N) is 1. The van der Waals surface area contributed by atoms with Crippen LogP contribution < -0.4 is 5.32 Å². The van der Waals surface area contributed by atoms with Gasteiger partial charge in [-0.1, -0.05) is 13.5 Å². The van der Waals surface area contributed by atoms with Crippen molar-refractivity contribution >= 4 is 0 Å². The summed E-state index contributed by atoms with van der Waals surface area (Å²) in [6.07, 6.45) is 1.79. The number of rotatable bonds is 4. The molecule has 0 atom stereocenters. The van der Waals surface area contributed by atoms with Crippen LogP contribution in [0.1, 0.15) is 6.92 Å². The molecule has 2 heteroatoms. The molecule has 0 aromatic carbocycles. The van der Waals surface area contributed by atoms with Crippen molar-refractivity contribution in [3.63, 3.8) is 0 Å². The van der Waals surface area contributed by atoms with Crippen molar-refractivity contribution in [2.75, 3.05) is 20.3 Å². The minimum Gasteiger partial charge on any atom is -0.368 e. The van der Waals surface area contributed by atoms with Gasteiger partial charge in [0.05, 0.1) is 6.67 Å². The molecule has 0 aliphatic carbocycles. The SMILES string of the molecule is C=CN(C)CNCC. The minimum atomic E-state index is 0.889. The van der Waals surface area contributed by atoms with Gasteiger partial charge in [0.25, 0.3) is 0 Å². The summed E-state index contributed by atoms with van der Waals surface area (Å²) >= 11 is 0. The zero-order valence-corrected chi connectivity index (χ0v) is 5.65. The smallest absolute Gasteiger partial charge is 0.0672 e. The highest BCUT2D eigenvalue weighted by atomic mass is 15.2. The molecular formula is C6H14N2. The monoisotopic (exact) mass is 114 g/mol. The van der Waals surface area contributed by atoms with Gasteiger partial charge in [-0.2, -0.15) is 0 Å². The standard InChI is InChI=1S/C6H14N2/c1-4-7-6-8(3)5-2/h5,7H,2,4,6H2,1,3H3. The van der Waals surface area contributed by atoms with Crippen LogP contribution in [0.25, 0.3) is 0 Å². The Kier molecular flexibility index (Phi) is 4.36. The van der Waals surface area contributed by atoms with E-state index < -0.39 is 0 Å². The van der Waals surface area contributed by atoms with E-state index in [0.717, 1.165) is 13.2 Å². The van der Waals surface area contributed by atoms with Crippen molar-refractivity contribution in [2.24, 2.45) is 0 Å². The molecule has 0 fully saturated rings. The van der Waals surface area contributed by atoms with Crippen LogP contribution in [0.15, 0.2) is 12.8 Å². The van der Waals surface area contributed by atoms with Crippen molar-refractivity contribution in [1.82, 2.24) is 10.2 Å². The summed E-state index contributed by atoms with van der Waals surface area (Å²) in [4.78, 5) is 1.99. The highest BCUT2D eigenvalue weighted by Crippen LogP contribution is 1.74. The summed E-state index contributed by atoms with van der Waals surface area (Å²) in [6, 6.07) is 0. The second-order valence-electron chi connectivity index (χ2n) is 1.70. The first-order chi connectivity index (χ1) is 3.81. The van der Waals surface area contributed by atoms with Crippen LogP contribution in [0, 0.1) is 0 Å². The minimum absolute atomic E-state index is 0.889. The second-order valence-corrected chi connectivity index (χ2v) is 1.70. The maximum atomic E-state index is 3.60. The Labute approximate surface area is 51.2 Å². The summed E-state index contributed by atoms with van der Waals surface area (Å²) in [5.41, 5.74) is 0. The fraction of sp³-hybridized carbons (Fsp3) is 0.667. The van der Waals surface area contributed by atoms with Crippen LogP contribution in [-0.4, -0.2) is 25.2 Å². The van der Waals surface area contributed by atoms with Crippen molar-refractivity contribution in [3.05, 3.63) is 12.8 Å². The lowest BCUT2D eigenvalue weighted by Gasteiger charge is -2.12. The summed E-state index contributed by atoms with van der Waals surface area (Å²) in [5.74, 6) is 0. The first kappa shape index (κ1) is 7.50. The van der Waals surface area contributed by atoms with Gasteiger partial charge in [-0.25, -0.2) is 0 Å². The predicted octanol–water partition coefficient (Wildman–Crippen LogP) is 0.629. The lowest BCUT2D eigenvalue weighted by molar-refractivity contribution is 0.415. The van der Waals surface area contributed by atoms with Crippen LogP contribution >= 0.6 is 0 Å². The summed E-state index contributed by atoms with van der Waals surface area (Å²) in [5, 5.41) is 3.15. The van der Waals surface area contributed by atoms with Gasteiger partial charge in [-0.05, 0) is 12.7 Å². The van der Waals surface area contributed by atoms with E-state index in [9.17, 15) is 0 Å². The van der Waals surface area contributed by atoms with E-state index >= 15 is 0 Å². The van der Waals surface area contributed by atoms with Gasteiger partial charge in [0, 0.05) is 7.05 Å². The Morgan fingerprint density at radius 3 is 2.75 bits per heavy atom. The van der Waals surface area contributed by atoms with E-state index in [1.54, 1.807) is 6.20 Å². The van der Waals surface area contributed by atoms with Crippen LogP contribution in [0.5, 0.6) is 0 Å². The molecule has 0 heterocycles. The Bertz CT molecular complexity index is 61.5. The molecule has 0 unspecified atom stereocenters. The summed E-state index contributed by atoms with van der Waals surface area (Å²) in [6.45, 7) is 7.58. The number of nitrogens with zero attached hydrogens (tertiary/aromatic N) is 1. The Balaban J connectivity index is 2.98. The molecule has 0 aliphatic rings. The Morgan fingerprint density at radius 1 is 1.75 bits per heavy atom. The van der Waals surface area contributed by atoms with Gasteiger partial charge >= 0.3 is 0 Å². The van der Waals surface area contributed by atoms with Gasteiger partial charge in [0.15, 0.2) is 0 Å². The van der Waals surface area contributed by atoms with E-state index in [0.29, 0.717) is 0 Å². The molecule has 0 saturated carbocycles. The van der Waals surface area contributed by atoms with Crippen LogP contribution in [0.2, 0.25) is 0 Å². The third-order valence-corrected chi connectivity index (χ3v) is 0.923. The Hall–Kier alpha value is -0.500. The Morgan fingerprint density at radius 2 is 2.38 bits per heavy atom. The number of hydrogen-bond donors (Lipinski definition) is 1. The second kappa shape index (κ2) is 4.65. The fourth-order valence-corrected chi connectivity index (χ4v) is 0.353. The van der Waals surface area contributed by atoms with Crippen molar-refractivity contribution in [1.29, 1.82) is 0 Å². The van der Waals surface area contributed by atoms with Gasteiger partial charge < -0.3 is 10.2 Å². The zero-order chi connectivity index (χ0) is 6.41. The quantitative estimate of drug-likeness (QED) is 0.539. The third kappa shape index (κ3) is 3.68. The molecule has 1 N–H and O–H groups in total.